The van der Waals surface area contributed by atoms with Crippen molar-refractivity contribution in [2.45, 2.75) is 25.7 Å². The van der Waals surface area contributed by atoms with Crippen molar-refractivity contribution in [3.05, 3.63) is 65.4 Å². The second-order valence-electron chi connectivity index (χ2n) is 7.97. The Morgan fingerprint density at radius 3 is 2.50 bits per heavy atom. The fraction of sp³-hybridized carbons (Fsp3) is 0.333. The lowest BCUT2D eigenvalue weighted by molar-refractivity contribution is -0.644. The van der Waals surface area contributed by atoms with Gasteiger partial charge in [-0.15, -0.1) is 0 Å². The summed E-state index contributed by atoms with van der Waals surface area (Å²) in [6.45, 7) is 2.43. The van der Waals surface area contributed by atoms with Crippen LogP contribution in [0.4, 0.5) is 11.4 Å². The number of benzene rings is 2. The first-order chi connectivity index (χ1) is 13.7. The summed E-state index contributed by atoms with van der Waals surface area (Å²) in [6.07, 6.45) is 8.97. The molecule has 0 saturated heterocycles. The zero-order chi connectivity index (χ0) is 19.1. The monoisotopic (exact) mass is 371 g/mol. The van der Waals surface area contributed by atoms with Crippen LogP contribution in [0.3, 0.4) is 0 Å². The molecule has 4 nitrogen and oxygen atoms in total. The van der Waals surface area contributed by atoms with Crippen molar-refractivity contribution in [2.75, 3.05) is 30.0 Å². The van der Waals surface area contributed by atoms with E-state index in [1.54, 1.807) is 0 Å². The zero-order valence-electron chi connectivity index (χ0n) is 16.7. The maximum absolute atomic E-state index is 4.79. The van der Waals surface area contributed by atoms with Gasteiger partial charge < -0.3 is 4.90 Å². The van der Waals surface area contributed by atoms with Gasteiger partial charge in [-0.25, -0.2) is 4.57 Å². The van der Waals surface area contributed by atoms with Gasteiger partial charge in [-0.2, -0.15) is 5.10 Å². The number of aromatic nitrogens is 1. The van der Waals surface area contributed by atoms with Gasteiger partial charge in [-0.05, 0) is 55.0 Å². The smallest absolute Gasteiger partial charge is 0.212 e. The third-order valence-electron chi connectivity index (χ3n) is 6.13. The Labute approximate surface area is 166 Å². The maximum Gasteiger partial charge on any atom is 0.212 e. The number of nitrogens with zero attached hydrogens (tertiary/aromatic N) is 4. The number of fused-ring (bicyclic) bond motifs is 1. The van der Waals surface area contributed by atoms with Crippen molar-refractivity contribution in [1.82, 2.24) is 0 Å². The van der Waals surface area contributed by atoms with E-state index >= 15 is 0 Å². The first-order valence-corrected chi connectivity index (χ1v) is 10.3. The van der Waals surface area contributed by atoms with Gasteiger partial charge in [0, 0.05) is 43.5 Å². The molecule has 0 bridgehead atoms. The first kappa shape index (κ1) is 17.2. The van der Waals surface area contributed by atoms with Crippen LogP contribution in [0.15, 0.2) is 53.8 Å². The minimum absolute atomic E-state index is 1.14. The Hall–Kier alpha value is -2.88. The van der Waals surface area contributed by atoms with Gasteiger partial charge in [-0.1, -0.05) is 12.1 Å². The van der Waals surface area contributed by atoms with E-state index in [1.165, 1.54) is 72.2 Å². The Kier molecular flexibility index (Phi) is 4.27. The highest BCUT2D eigenvalue weighted by molar-refractivity contribution is 5.97. The minimum Gasteiger partial charge on any atom is -0.371 e. The highest BCUT2D eigenvalue weighted by atomic mass is 15.4. The topological polar surface area (TPSA) is 22.7 Å². The quantitative estimate of drug-likeness (QED) is 0.397. The Morgan fingerprint density at radius 2 is 1.75 bits per heavy atom. The average Bonchev–Trinajstić information content (AvgIpc) is 2.73. The summed E-state index contributed by atoms with van der Waals surface area (Å²) in [7, 11) is 4.14. The number of hydrogen-bond acceptors (Lipinski definition) is 3. The highest BCUT2D eigenvalue weighted by Crippen LogP contribution is 2.38. The van der Waals surface area contributed by atoms with E-state index in [0.29, 0.717) is 0 Å². The molecule has 2 aliphatic rings. The number of anilines is 2. The molecular formula is C24H27N4+. The van der Waals surface area contributed by atoms with Crippen molar-refractivity contribution in [1.29, 1.82) is 0 Å². The molecule has 0 unspecified atom stereocenters. The van der Waals surface area contributed by atoms with E-state index in [-0.39, 0.29) is 0 Å². The van der Waals surface area contributed by atoms with E-state index in [4.69, 9.17) is 5.10 Å². The van der Waals surface area contributed by atoms with Crippen molar-refractivity contribution in [2.24, 2.45) is 12.1 Å². The molecule has 1 aromatic heterocycles. The number of hydrogen-bond donors (Lipinski definition) is 0. The van der Waals surface area contributed by atoms with Gasteiger partial charge in [0.25, 0.3) is 0 Å². The van der Waals surface area contributed by atoms with Crippen LogP contribution in [0.1, 0.15) is 29.5 Å². The van der Waals surface area contributed by atoms with Crippen LogP contribution in [-0.2, 0) is 19.9 Å². The Morgan fingerprint density at radius 1 is 1.04 bits per heavy atom. The minimum atomic E-state index is 1.14. The van der Waals surface area contributed by atoms with Crippen LogP contribution in [0.25, 0.3) is 10.9 Å². The predicted molar refractivity (Wildman–Crippen MR) is 116 cm³/mol. The van der Waals surface area contributed by atoms with E-state index in [0.717, 1.165) is 5.56 Å². The van der Waals surface area contributed by atoms with E-state index in [9.17, 15) is 0 Å². The van der Waals surface area contributed by atoms with Crippen LogP contribution in [0, 0.1) is 0 Å². The molecule has 0 atom stereocenters. The lowest BCUT2D eigenvalue weighted by Crippen LogP contribution is -2.34. The molecule has 0 radical (unpaired) electrons. The van der Waals surface area contributed by atoms with Gasteiger partial charge >= 0.3 is 0 Å². The van der Waals surface area contributed by atoms with Gasteiger partial charge in [0.15, 0.2) is 6.20 Å². The average molecular weight is 372 g/mol. The third kappa shape index (κ3) is 2.93. The van der Waals surface area contributed by atoms with Gasteiger partial charge in [0.05, 0.1) is 17.3 Å². The molecule has 28 heavy (non-hydrogen) atoms. The van der Waals surface area contributed by atoms with E-state index < -0.39 is 0 Å². The maximum atomic E-state index is 4.79. The summed E-state index contributed by atoms with van der Waals surface area (Å²) in [5, 5.41) is 8.03. The Balaban J connectivity index is 1.48. The fourth-order valence-electron chi connectivity index (χ4n) is 4.69. The molecule has 0 amide bonds. The Bertz CT molecular complexity index is 1040. The van der Waals surface area contributed by atoms with E-state index in [2.05, 4.69) is 72.2 Å². The highest BCUT2D eigenvalue weighted by Gasteiger charge is 2.24. The summed E-state index contributed by atoms with van der Waals surface area (Å²) in [5.41, 5.74) is 8.06. The van der Waals surface area contributed by atoms with Crippen molar-refractivity contribution < 1.29 is 4.57 Å². The molecule has 2 aromatic carbocycles. The van der Waals surface area contributed by atoms with E-state index in [1.807, 2.05) is 11.2 Å². The number of rotatable bonds is 3. The van der Waals surface area contributed by atoms with Gasteiger partial charge in [-0.3, -0.25) is 5.01 Å². The lowest BCUT2D eigenvalue weighted by Gasteiger charge is -2.37. The number of para-hydroxylation sites is 1. The molecule has 3 heterocycles. The lowest BCUT2D eigenvalue weighted by atomic mass is 9.91. The molecule has 0 aliphatic carbocycles. The standard InChI is InChI=1S/C24H27N4/c1-26-14-11-20(22-9-3-4-10-23(22)26)17-25-27(2)21-15-18-7-5-12-28-13-6-8-19(16-21)24(18)28/h3-4,9-11,14-17H,5-8,12-13H2,1-2H3/q+1. The molecule has 5 rings (SSSR count). The molecule has 142 valence electrons. The fourth-order valence-corrected chi connectivity index (χ4v) is 4.69. The summed E-state index contributed by atoms with van der Waals surface area (Å²) >= 11 is 0. The first-order valence-electron chi connectivity index (χ1n) is 10.3. The molecular weight excluding hydrogens is 344 g/mol. The second-order valence-corrected chi connectivity index (χ2v) is 7.97. The van der Waals surface area contributed by atoms with Crippen molar-refractivity contribution >= 4 is 28.5 Å². The summed E-state index contributed by atoms with van der Waals surface area (Å²) in [5.74, 6) is 0. The summed E-state index contributed by atoms with van der Waals surface area (Å²) in [4.78, 5) is 2.58. The zero-order valence-corrected chi connectivity index (χ0v) is 16.7. The molecule has 3 aromatic rings. The summed E-state index contributed by atoms with van der Waals surface area (Å²) in [6, 6.07) is 15.3. The molecule has 0 saturated carbocycles. The summed E-state index contributed by atoms with van der Waals surface area (Å²) < 4.78 is 2.15. The number of aryl methyl sites for hydroxylation is 3. The van der Waals surface area contributed by atoms with Crippen LogP contribution in [0.5, 0.6) is 0 Å². The van der Waals surface area contributed by atoms with Crippen molar-refractivity contribution in [3.8, 4) is 0 Å². The predicted octanol–water partition coefficient (Wildman–Crippen LogP) is 3.83. The van der Waals surface area contributed by atoms with Crippen LogP contribution in [-0.4, -0.2) is 26.4 Å². The largest absolute Gasteiger partial charge is 0.371 e. The molecule has 0 spiro atoms. The number of pyridine rings is 1. The molecule has 0 fully saturated rings. The SMILES string of the molecule is CN(/N=C/c1cc[n+](C)c2ccccc12)c1cc2c3c(c1)CCCN3CCC2. The normalized spacial score (nSPS) is 15.9. The second kappa shape index (κ2) is 6.93. The molecule has 2 aliphatic heterocycles. The number of hydrazone groups is 1. The van der Waals surface area contributed by atoms with Gasteiger partial charge in [0.1, 0.15) is 7.05 Å². The third-order valence-corrected chi connectivity index (χ3v) is 6.13. The van der Waals surface area contributed by atoms with Crippen LogP contribution >= 0.6 is 0 Å². The van der Waals surface area contributed by atoms with Gasteiger partial charge in [0.2, 0.25) is 5.52 Å². The molecule has 0 N–H and O–H groups in total. The molecule has 4 heteroatoms. The van der Waals surface area contributed by atoms with Crippen molar-refractivity contribution in [3.63, 3.8) is 0 Å². The van der Waals surface area contributed by atoms with Crippen LogP contribution in [0.2, 0.25) is 0 Å². The van der Waals surface area contributed by atoms with Crippen LogP contribution < -0.4 is 14.5 Å².